The van der Waals surface area contributed by atoms with Crippen LogP contribution in [0.15, 0.2) is 58.9 Å². The topological polar surface area (TPSA) is 54.9 Å². The van der Waals surface area contributed by atoms with Crippen molar-refractivity contribution in [3.63, 3.8) is 0 Å². The fourth-order valence-corrected chi connectivity index (χ4v) is 3.64. The van der Waals surface area contributed by atoms with Gasteiger partial charge in [-0.25, -0.2) is 0 Å². The summed E-state index contributed by atoms with van der Waals surface area (Å²) in [6, 6.07) is 17.3. The van der Waals surface area contributed by atoms with Gasteiger partial charge in [-0.05, 0) is 18.6 Å². The van der Waals surface area contributed by atoms with Gasteiger partial charge in [0.15, 0.2) is 10.1 Å². The minimum Gasteiger partial charge on any atom is -0.330 e. The van der Waals surface area contributed by atoms with Gasteiger partial charge in [0.05, 0.1) is 5.75 Å². The molecule has 23 heavy (non-hydrogen) atoms. The Morgan fingerprint density at radius 2 is 1.83 bits per heavy atom. The van der Waals surface area contributed by atoms with E-state index in [1.54, 1.807) is 0 Å². The van der Waals surface area contributed by atoms with Crippen LogP contribution in [0.5, 0.6) is 0 Å². The van der Waals surface area contributed by atoms with Crippen molar-refractivity contribution in [3.05, 3.63) is 65.7 Å². The lowest BCUT2D eigenvalue weighted by Gasteiger charge is -2.04. The highest BCUT2D eigenvalue weighted by Gasteiger charge is 2.10. The van der Waals surface area contributed by atoms with Gasteiger partial charge in [-0.2, -0.15) is 0 Å². The SMILES string of the molecule is Cc1ccccc1Nc1nnc(SCC(=O)c2ccccc2)s1. The van der Waals surface area contributed by atoms with Crippen LogP contribution < -0.4 is 5.32 Å². The minimum absolute atomic E-state index is 0.0965. The average molecular weight is 341 g/mol. The molecule has 0 unspecified atom stereocenters. The Labute approximate surface area is 143 Å². The molecule has 0 bridgehead atoms. The predicted octanol–water partition coefficient (Wildman–Crippen LogP) is 4.57. The molecule has 3 rings (SSSR count). The summed E-state index contributed by atoms with van der Waals surface area (Å²) in [6.45, 7) is 2.04. The van der Waals surface area contributed by atoms with E-state index in [0.29, 0.717) is 5.75 Å². The van der Waals surface area contributed by atoms with E-state index in [-0.39, 0.29) is 5.78 Å². The molecule has 1 aromatic heterocycles. The fourth-order valence-electron chi connectivity index (χ4n) is 1.98. The highest BCUT2D eigenvalue weighted by molar-refractivity contribution is 8.01. The third kappa shape index (κ3) is 4.18. The maximum Gasteiger partial charge on any atom is 0.210 e. The van der Waals surface area contributed by atoms with Crippen LogP contribution in [-0.2, 0) is 0 Å². The van der Waals surface area contributed by atoms with E-state index in [0.717, 1.165) is 26.3 Å². The molecule has 0 spiro atoms. The third-order valence-corrected chi connectivity index (χ3v) is 5.19. The molecule has 2 aromatic carbocycles. The Morgan fingerprint density at radius 3 is 2.61 bits per heavy atom. The van der Waals surface area contributed by atoms with Gasteiger partial charge in [0.25, 0.3) is 0 Å². The second kappa shape index (κ2) is 7.39. The molecular weight excluding hydrogens is 326 g/mol. The van der Waals surface area contributed by atoms with Gasteiger partial charge >= 0.3 is 0 Å². The number of nitrogens with one attached hydrogen (secondary N) is 1. The molecule has 1 N–H and O–H groups in total. The fraction of sp³-hybridized carbons (Fsp3) is 0.118. The maximum absolute atomic E-state index is 12.1. The first-order valence-corrected chi connectivity index (χ1v) is 8.90. The van der Waals surface area contributed by atoms with Crippen molar-refractivity contribution >= 4 is 39.7 Å². The number of para-hydroxylation sites is 1. The van der Waals surface area contributed by atoms with E-state index in [1.807, 2.05) is 61.5 Å². The molecule has 4 nitrogen and oxygen atoms in total. The Bertz CT molecular complexity index is 802. The van der Waals surface area contributed by atoms with Gasteiger partial charge in [-0.3, -0.25) is 4.79 Å². The van der Waals surface area contributed by atoms with E-state index in [2.05, 4.69) is 15.5 Å². The number of benzene rings is 2. The first-order chi connectivity index (χ1) is 11.2. The largest absolute Gasteiger partial charge is 0.330 e. The molecular formula is C17H15N3OS2. The number of carbonyl (C=O) groups is 1. The van der Waals surface area contributed by atoms with Crippen molar-refractivity contribution in [3.8, 4) is 0 Å². The number of anilines is 2. The highest BCUT2D eigenvalue weighted by Crippen LogP contribution is 2.29. The molecule has 0 amide bonds. The average Bonchev–Trinajstić information content (AvgIpc) is 3.03. The van der Waals surface area contributed by atoms with Crippen LogP contribution in [0.25, 0.3) is 0 Å². The molecule has 0 aliphatic heterocycles. The van der Waals surface area contributed by atoms with E-state index < -0.39 is 0 Å². The standard InChI is InChI=1S/C17H15N3OS2/c1-12-7-5-6-10-14(12)18-16-19-20-17(23-16)22-11-15(21)13-8-3-2-4-9-13/h2-10H,11H2,1H3,(H,18,19). The molecule has 0 aliphatic carbocycles. The minimum atomic E-state index is 0.0965. The van der Waals surface area contributed by atoms with Crippen LogP contribution in [0.2, 0.25) is 0 Å². The van der Waals surface area contributed by atoms with Gasteiger partial charge in [-0.1, -0.05) is 71.6 Å². The molecule has 0 saturated carbocycles. The van der Waals surface area contributed by atoms with Crippen LogP contribution in [-0.4, -0.2) is 21.7 Å². The lowest BCUT2D eigenvalue weighted by atomic mass is 10.2. The van der Waals surface area contributed by atoms with Crippen molar-refractivity contribution < 1.29 is 4.79 Å². The highest BCUT2D eigenvalue weighted by atomic mass is 32.2. The summed E-state index contributed by atoms with van der Waals surface area (Å²) in [5, 5.41) is 12.2. The van der Waals surface area contributed by atoms with Crippen molar-refractivity contribution in [1.29, 1.82) is 0 Å². The lowest BCUT2D eigenvalue weighted by molar-refractivity contribution is 0.102. The Morgan fingerprint density at radius 1 is 1.09 bits per heavy atom. The van der Waals surface area contributed by atoms with E-state index in [4.69, 9.17) is 0 Å². The molecule has 3 aromatic rings. The van der Waals surface area contributed by atoms with Crippen molar-refractivity contribution in [1.82, 2.24) is 10.2 Å². The number of carbonyl (C=O) groups excluding carboxylic acids is 1. The Balaban J connectivity index is 1.60. The number of nitrogens with zero attached hydrogens (tertiary/aromatic N) is 2. The molecule has 0 aliphatic rings. The second-order valence-electron chi connectivity index (χ2n) is 4.89. The first kappa shape index (κ1) is 15.7. The van der Waals surface area contributed by atoms with Crippen molar-refractivity contribution in [2.45, 2.75) is 11.3 Å². The number of Topliss-reactive ketones (excluding diaryl/α,β-unsaturated/α-hetero) is 1. The first-order valence-electron chi connectivity index (χ1n) is 7.09. The quantitative estimate of drug-likeness (QED) is 0.526. The predicted molar refractivity (Wildman–Crippen MR) is 95.9 cm³/mol. The van der Waals surface area contributed by atoms with Crippen LogP contribution in [0.3, 0.4) is 0 Å². The number of hydrogen-bond acceptors (Lipinski definition) is 6. The number of aryl methyl sites for hydroxylation is 1. The monoisotopic (exact) mass is 341 g/mol. The number of rotatable bonds is 6. The zero-order valence-electron chi connectivity index (χ0n) is 12.5. The smallest absolute Gasteiger partial charge is 0.210 e. The molecule has 0 fully saturated rings. The van der Waals surface area contributed by atoms with E-state index in [1.165, 1.54) is 23.1 Å². The van der Waals surface area contributed by atoms with E-state index in [9.17, 15) is 4.79 Å². The van der Waals surface area contributed by atoms with Gasteiger partial charge in [0, 0.05) is 11.3 Å². The van der Waals surface area contributed by atoms with Crippen LogP contribution >= 0.6 is 23.1 Å². The second-order valence-corrected chi connectivity index (χ2v) is 7.09. The molecule has 0 radical (unpaired) electrons. The maximum atomic E-state index is 12.1. The number of ketones is 1. The summed E-state index contributed by atoms with van der Waals surface area (Å²) in [4.78, 5) is 12.1. The van der Waals surface area contributed by atoms with Crippen LogP contribution in [0.4, 0.5) is 10.8 Å². The van der Waals surface area contributed by atoms with Gasteiger partial charge in [0.2, 0.25) is 5.13 Å². The summed E-state index contributed by atoms with van der Waals surface area (Å²) < 4.78 is 0.783. The molecule has 0 atom stereocenters. The zero-order valence-corrected chi connectivity index (χ0v) is 14.2. The normalized spacial score (nSPS) is 10.5. The van der Waals surface area contributed by atoms with E-state index >= 15 is 0 Å². The van der Waals surface area contributed by atoms with Crippen LogP contribution in [0, 0.1) is 6.92 Å². The number of hydrogen-bond donors (Lipinski definition) is 1. The number of thioether (sulfide) groups is 1. The van der Waals surface area contributed by atoms with Crippen molar-refractivity contribution in [2.24, 2.45) is 0 Å². The summed E-state index contributed by atoms with van der Waals surface area (Å²) in [6.07, 6.45) is 0. The summed E-state index contributed by atoms with van der Waals surface area (Å²) >= 11 is 2.87. The van der Waals surface area contributed by atoms with Crippen molar-refractivity contribution in [2.75, 3.05) is 11.1 Å². The molecule has 116 valence electrons. The lowest BCUT2D eigenvalue weighted by Crippen LogP contribution is -2.01. The number of aromatic nitrogens is 2. The molecule has 0 saturated heterocycles. The van der Waals surface area contributed by atoms with Gasteiger partial charge in [-0.15, -0.1) is 10.2 Å². The molecule has 6 heteroatoms. The Kier molecular flexibility index (Phi) is 5.05. The van der Waals surface area contributed by atoms with Gasteiger partial charge < -0.3 is 5.32 Å². The van der Waals surface area contributed by atoms with Crippen LogP contribution in [0.1, 0.15) is 15.9 Å². The summed E-state index contributed by atoms with van der Waals surface area (Å²) in [5.74, 6) is 0.461. The molecule has 1 heterocycles. The van der Waals surface area contributed by atoms with Gasteiger partial charge in [0.1, 0.15) is 0 Å². The summed E-state index contributed by atoms with van der Waals surface area (Å²) in [5.41, 5.74) is 2.89. The zero-order chi connectivity index (χ0) is 16.1. The Hall–Kier alpha value is -2.18. The summed E-state index contributed by atoms with van der Waals surface area (Å²) in [7, 11) is 0. The third-order valence-electron chi connectivity index (χ3n) is 3.22.